The Kier molecular flexibility index (Phi) is 6.97. The molecule has 0 bridgehead atoms. The monoisotopic (exact) mass is 404 g/mol. The minimum atomic E-state index is -1.35. The lowest BCUT2D eigenvalue weighted by Crippen LogP contribution is -2.51. The second kappa shape index (κ2) is 9.04. The summed E-state index contributed by atoms with van der Waals surface area (Å²) in [5.41, 5.74) is 5.96. The third-order valence-corrected chi connectivity index (χ3v) is 5.89. The Balaban J connectivity index is 2.38. The number of hydrogen-bond donors (Lipinski definition) is 4. The van der Waals surface area contributed by atoms with Crippen molar-refractivity contribution in [3.05, 3.63) is 35.4 Å². The number of nitrogens with two attached hydrogens (primary N) is 1. The van der Waals surface area contributed by atoms with Gasteiger partial charge in [-0.25, -0.2) is 14.7 Å². The van der Waals surface area contributed by atoms with Crippen LogP contribution in [-0.2, 0) is 24.9 Å². The molecular formula is C20H26N3O6. The largest absolute Gasteiger partial charge is 0.465 e. The van der Waals surface area contributed by atoms with Gasteiger partial charge in [0.05, 0.1) is 17.4 Å². The van der Waals surface area contributed by atoms with Gasteiger partial charge in [-0.2, -0.15) is 0 Å². The number of carbonyl (C=O) groups is 4. The number of rotatable bonds is 8. The topological polar surface area (TPSA) is 158 Å². The Bertz CT molecular complexity index is 794. The highest BCUT2D eigenvalue weighted by Gasteiger charge is 2.43. The number of nitrogens with one attached hydrogen (secondary N) is 2. The molecule has 1 aliphatic heterocycles. The molecule has 2 rings (SSSR count). The van der Waals surface area contributed by atoms with Crippen LogP contribution in [0.2, 0.25) is 0 Å². The maximum atomic E-state index is 12.5. The molecule has 1 aromatic rings. The van der Waals surface area contributed by atoms with Gasteiger partial charge in [-0.05, 0) is 29.9 Å². The van der Waals surface area contributed by atoms with E-state index in [1.807, 2.05) is 6.92 Å². The first-order valence-corrected chi connectivity index (χ1v) is 9.51. The first-order valence-electron chi connectivity index (χ1n) is 9.51. The van der Waals surface area contributed by atoms with Crippen molar-refractivity contribution >= 4 is 23.9 Å². The summed E-state index contributed by atoms with van der Waals surface area (Å²) < 4.78 is 0. The third kappa shape index (κ3) is 4.56. The lowest BCUT2D eigenvalue weighted by molar-refractivity contribution is -0.150. The zero-order chi connectivity index (χ0) is 21.8. The van der Waals surface area contributed by atoms with Gasteiger partial charge >= 0.3 is 12.1 Å². The second-order valence-corrected chi connectivity index (χ2v) is 7.38. The van der Waals surface area contributed by atoms with Crippen LogP contribution in [0.3, 0.4) is 0 Å². The molecule has 1 aliphatic rings. The number of carboxylic acid groups (broad SMARTS) is 1. The van der Waals surface area contributed by atoms with Crippen LogP contribution >= 0.6 is 0 Å². The standard InChI is InChI=1S/C20H26N3O6/c1-3-20(9-8-15(24)22-18(20)27)13-6-4-12(5-7-13)16(23-19(28)29)11(2)14(10-21)17(25)26/h4-7,11,14,16,23H,3,8-10,21H2,1-2H3,(H,28,29)(H,22,24,27). The molecule has 1 radical (unpaired) electrons. The summed E-state index contributed by atoms with van der Waals surface area (Å²) in [5.74, 6) is -3.70. The van der Waals surface area contributed by atoms with Gasteiger partial charge in [0.2, 0.25) is 11.8 Å². The van der Waals surface area contributed by atoms with E-state index in [2.05, 4.69) is 10.6 Å². The number of imide groups is 1. The van der Waals surface area contributed by atoms with Crippen LogP contribution in [0, 0.1) is 11.8 Å². The molecule has 1 aromatic carbocycles. The summed E-state index contributed by atoms with van der Waals surface area (Å²) in [7, 11) is 0. The zero-order valence-corrected chi connectivity index (χ0v) is 16.4. The van der Waals surface area contributed by atoms with E-state index in [1.54, 1.807) is 31.2 Å². The molecule has 9 nitrogen and oxygen atoms in total. The lowest BCUT2D eigenvalue weighted by Gasteiger charge is -2.35. The molecule has 0 spiro atoms. The van der Waals surface area contributed by atoms with E-state index in [4.69, 9.17) is 5.73 Å². The third-order valence-electron chi connectivity index (χ3n) is 5.89. The Labute approximate surface area is 168 Å². The van der Waals surface area contributed by atoms with Crippen molar-refractivity contribution in [3.8, 4) is 0 Å². The predicted molar refractivity (Wildman–Crippen MR) is 102 cm³/mol. The molecule has 4 unspecified atom stereocenters. The lowest BCUT2D eigenvalue weighted by atomic mass is 9.71. The molecule has 1 heterocycles. The van der Waals surface area contributed by atoms with Crippen LogP contribution in [0.1, 0.15) is 50.3 Å². The zero-order valence-electron chi connectivity index (χ0n) is 16.4. The molecule has 5 N–H and O–H groups in total. The van der Waals surface area contributed by atoms with Crippen molar-refractivity contribution in [2.24, 2.45) is 17.6 Å². The molecule has 0 aromatic heterocycles. The quantitative estimate of drug-likeness (QED) is 0.477. The van der Waals surface area contributed by atoms with Crippen molar-refractivity contribution in [1.29, 1.82) is 0 Å². The smallest absolute Gasteiger partial charge is 0.405 e. The molecule has 0 saturated carbocycles. The molecular weight excluding hydrogens is 378 g/mol. The fourth-order valence-corrected chi connectivity index (χ4v) is 3.98. The van der Waals surface area contributed by atoms with Crippen LogP contribution in [0.5, 0.6) is 0 Å². The van der Waals surface area contributed by atoms with Crippen LogP contribution in [0.25, 0.3) is 0 Å². The summed E-state index contributed by atoms with van der Waals surface area (Å²) in [5, 5.41) is 25.3. The Hall–Kier alpha value is -2.94. The van der Waals surface area contributed by atoms with E-state index in [1.165, 1.54) is 0 Å². The highest BCUT2D eigenvalue weighted by atomic mass is 16.4. The van der Waals surface area contributed by atoms with E-state index in [-0.39, 0.29) is 24.8 Å². The summed E-state index contributed by atoms with van der Waals surface area (Å²) in [4.78, 5) is 46.7. The summed E-state index contributed by atoms with van der Waals surface area (Å²) >= 11 is 0. The van der Waals surface area contributed by atoms with Gasteiger partial charge in [0, 0.05) is 13.0 Å². The summed E-state index contributed by atoms with van der Waals surface area (Å²) in [6.07, 6.45) is -0.167. The maximum absolute atomic E-state index is 12.5. The van der Waals surface area contributed by atoms with Crippen molar-refractivity contribution in [3.63, 3.8) is 0 Å². The fraction of sp³-hybridized carbons (Fsp3) is 0.500. The first kappa shape index (κ1) is 22.4. The van der Waals surface area contributed by atoms with Gasteiger partial charge in [0.1, 0.15) is 0 Å². The number of hydrogen-bond acceptors (Lipinski definition) is 5. The Morgan fingerprint density at radius 3 is 2.34 bits per heavy atom. The Morgan fingerprint density at radius 2 is 1.90 bits per heavy atom. The molecule has 3 amide bonds. The van der Waals surface area contributed by atoms with Crippen LogP contribution in [-0.4, -0.2) is 35.5 Å². The SMILES string of the molecule is CCC1(c2ccc(C(NC(=O)O)C(C)C(CN)C([O])=O)cc2)CCC(=O)NC1=O. The number of carbonyl (C=O) groups excluding carboxylic acids is 3. The maximum Gasteiger partial charge on any atom is 0.405 e. The molecule has 157 valence electrons. The molecule has 0 aliphatic carbocycles. The predicted octanol–water partition coefficient (Wildman–Crippen LogP) is 1.25. The van der Waals surface area contributed by atoms with Crippen molar-refractivity contribution in [2.75, 3.05) is 6.54 Å². The van der Waals surface area contributed by atoms with Gasteiger partial charge in [-0.1, -0.05) is 38.1 Å². The van der Waals surface area contributed by atoms with Gasteiger partial charge in [-0.3, -0.25) is 14.9 Å². The molecule has 1 fully saturated rings. The van der Waals surface area contributed by atoms with Gasteiger partial charge in [0.25, 0.3) is 0 Å². The van der Waals surface area contributed by atoms with Gasteiger partial charge < -0.3 is 16.2 Å². The number of amides is 3. The van der Waals surface area contributed by atoms with Crippen LogP contribution < -0.4 is 16.4 Å². The van der Waals surface area contributed by atoms with E-state index in [0.717, 1.165) is 0 Å². The average Bonchev–Trinajstić information content (AvgIpc) is 2.67. The number of piperidine rings is 1. The normalized spacial score (nSPS) is 22.3. The average molecular weight is 404 g/mol. The highest BCUT2D eigenvalue weighted by Crippen LogP contribution is 2.37. The van der Waals surface area contributed by atoms with Gasteiger partial charge in [-0.15, -0.1) is 0 Å². The minimum Gasteiger partial charge on any atom is -0.465 e. The fourth-order valence-electron chi connectivity index (χ4n) is 3.98. The van der Waals surface area contributed by atoms with Crippen molar-refractivity contribution < 1.29 is 29.4 Å². The molecule has 1 saturated heterocycles. The van der Waals surface area contributed by atoms with E-state index in [0.29, 0.717) is 24.0 Å². The van der Waals surface area contributed by atoms with E-state index < -0.39 is 35.4 Å². The van der Waals surface area contributed by atoms with Crippen molar-refractivity contribution in [1.82, 2.24) is 10.6 Å². The second-order valence-electron chi connectivity index (χ2n) is 7.38. The Morgan fingerprint density at radius 1 is 1.28 bits per heavy atom. The molecule has 9 heteroatoms. The van der Waals surface area contributed by atoms with E-state index in [9.17, 15) is 29.4 Å². The highest BCUT2D eigenvalue weighted by molar-refractivity contribution is 6.03. The molecule has 29 heavy (non-hydrogen) atoms. The van der Waals surface area contributed by atoms with Crippen LogP contribution in [0.15, 0.2) is 24.3 Å². The molecule has 4 atom stereocenters. The minimum absolute atomic E-state index is 0.188. The summed E-state index contributed by atoms with van der Waals surface area (Å²) in [6.45, 7) is 3.27. The van der Waals surface area contributed by atoms with Gasteiger partial charge in [0.15, 0.2) is 0 Å². The summed E-state index contributed by atoms with van der Waals surface area (Å²) in [6, 6.07) is 5.93. The van der Waals surface area contributed by atoms with Crippen LogP contribution in [0.4, 0.5) is 4.79 Å². The van der Waals surface area contributed by atoms with Crippen molar-refractivity contribution in [2.45, 2.75) is 44.6 Å². The number of benzene rings is 1. The van der Waals surface area contributed by atoms with E-state index >= 15 is 0 Å². The first-order chi connectivity index (χ1) is 13.7.